The van der Waals surface area contributed by atoms with E-state index in [1.807, 2.05) is 0 Å². The summed E-state index contributed by atoms with van der Waals surface area (Å²) in [7, 11) is 0. The highest BCUT2D eigenvalue weighted by Crippen LogP contribution is 2.05. The minimum atomic E-state index is -0.0495. The summed E-state index contributed by atoms with van der Waals surface area (Å²) in [4.78, 5) is 15.6. The quantitative estimate of drug-likeness (QED) is 0.814. The van der Waals surface area contributed by atoms with E-state index in [4.69, 9.17) is 0 Å². The Morgan fingerprint density at radius 3 is 2.93 bits per heavy atom. The van der Waals surface area contributed by atoms with Crippen molar-refractivity contribution in [3.05, 3.63) is 16.6 Å². The normalized spacial score (nSPS) is 12.4. The molecule has 78 valence electrons. The predicted molar refractivity (Wildman–Crippen MR) is 58.6 cm³/mol. The molecule has 0 aliphatic carbocycles. The molecule has 0 aliphatic rings. The van der Waals surface area contributed by atoms with Crippen molar-refractivity contribution in [1.29, 1.82) is 0 Å². The van der Waals surface area contributed by atoms with Crippen LogP contribution in [0.4, 0.5) is 0 Å². The van der Waals surface area contributed by atoms with Gasteiger partial charge in [-0.15, -0.1) is 11.3 Å². The van der Waals surface area contributed by atoms with Gasteiger partial charge in [-0.05, 0) is 12.8 Å². The second-order valence-electron chi connectivity index (χ2n) is 3.24. The molecule has 14 heavy (non-hydrogen) atoms. The number of rotatable bonds is 5. The number of aromatic nitrogens is 1. The maximum Gasteiger partial charge on any atom is 0.270 e. The molecule has 1 aromatic heterocycles. The van der Waals surface area contributed by atoms with E-state index in [1.165, 1.54) is 11.3 Å². The third-order valence-corrected chi connectivity index (χ3v) is 2.72. The van der Waals surface area contributed by atoms with Gasteiger partial charge in [-0.3, -0.25) is 4.79 Å². The second-order valence-corrected chi connectivity index (χ2v) is 3.96. The van der Waals surface area contributed by atoms with Gasteiger partial charge in [0.1, 0.15) is 5.69 Å². The second kappa shape index (κ2) is 5.75. The highest BCUT2D eigenvalue weighted by molar-refractivity contribution is 7.07. The number of hydrogen-bond acceptors (Lipinski definition) is 3. The fourth-order valence-electron chi connectivity index (χ4n) is 1.31. The third kappa shape index (κ3) is 3.10. The summed E-state index contributed by atoms with van der Waals surface area (Å²) in [6, 6.07) is 0.286. The number of carbonyl (C=O) groups is 1. The number of nitrogens with zero attached hydrogens (tertiary/aromatic N) is 1. The van der Waals surface area contributed by atoms with Crippen molar-refractivity contribution >= 4 is 17.2 Å². The first-order valence-corrected chi connectivity index (χ1v) is 5.91. The lowest BCUT2D eigenvalue weighted by Gasteiger charge is -2.14. The van der Waals surface area contributed by atoms with Crippen LogP contribution in [0.15, 0.2) is 10.9 Å². The van der Waals surface area contributed by atoms with Crippen LogP contribution in [0.1, 0.15) is 43.6 Å². The van der Waals surface area contributed by atoms with Gasteiger partial charge < -0.3 is 5.32 Å². The minimum absolute atomic E-state index is 0.0495. The van der Waals surface area contributed by atoms with Crippen molar-refractivity contribution in [2.24, 2.45) is 0 Å². The lowest BCUT2D eigenvalue weighted by atomic mass is 10.1. The van der Waals surface area contributed by atoms with Crippen LogP contribution in [0.3, 0.4) is 0 Å². The number of carbonyl (C=O) groups excluding carboxylic acids is 1. The molecule has 1 N–H and O–H groups in total. The van der Waals surface area contributed by atoms with E-state index in [2.05, 4.69) is 24.1 Å². The van der Waals surface area contributed by atoms with Gasteiger partial charge in [0.25, 0.3) is 5.91 Å². The molecule has 0 spiro atoms. The molecule has 1 amide bonds. The molecule has 0 bridgehead atoms. The molecule has 1 unspecified atom stereocenters. The Morgan fingerprint density at radius 1 is 1.64 bits per heavy atom. The van der Waals surface area contributed by atoms with Gasteiger partial charge in [0, 0.05) is 11.4 Å². The predicted octanol–water partition coefficient (Wildman–Crippen LogP) is 2.45. The van der Waals surface area contributed by atoms with Crippen molar-refractivity contribution in [3.8, 4) is 0 Å². The summed E-state index contributed by atoms with van der Waals surface area (Å²) in [6.45, 7) is 4.21. The molecule has 1 heterocycles. The van der Waals surface area contributed by atoms with Crippen LogP contribution >= 0.6 is 11.3 Å². The first-order chi connectivity index (χ1) is 6.77. The Morgan fingerprint density at radius 2 is 2.43 bits per heavy atom. The first kappa shape index (κ1) is 11.2. The summed E-state index contributed by atoms with van der Waals surface area (Å²) in [6.07, 6.45) is 3.10. The average Bonchev–Trinajstić information content (AvgIpc) is 2.69. The third-order valence-electron chi connectivity index (χ3n) is 2.13. The van der Waals surface area contributed by atoms with E-state index >= 15 is 0 Å². The Labute approximate surface area is 88.6 Å². The van der Waals surface area contributed by atoms with Crippen LogP contribution in [0.2, 0.25) is 0 Å². The Balaban J connectivity index is 2.47. The zero-order valence-electron chi connectivity index (χ0n) is 8.62. The van der Waals surface area contributed by atoms with Gasteiger partial charge in [-0.1, -0.05) is 20.3 Å². The molecular weight excluding hydrogens is 196 g/mol. The maximum atomic E-state index is 11.6. The number of thiazole rings is 1. The highest BCUT2D eigenvalue weighted by atomic mass is 32.1. The standard InChI is InChI=1S/C10H16N2OS/c1-3-5-8(4-2)12-10(13)9-6-14-7-11-9/h6-8H,3-5H2,1-2H3,(H,12,13). The Kier molecular flexibility index (Phi) is 4.59. The fourth-order valence-corrected chi connectivity index (χ4v) is 1.84. The summed E-state index contributed by atoms with van der Waals surface area (Å²) < 4.78 is 0. The molecule has 0 radical (unpaired) electrons. The van der Waals surface area contributed by atoms with Gasteiger partial charge in [0.15, 0.2) is 0 Å². The molecule has 4 heteroatoms. The zero-order chi connectivity index (χ0) is 10.4. The molecule has 0 aromatic carbocycles. The van der Waals surface area contributed by atoms with E-state index in [0.717, 1.165) is 19.3 Å². The number of nitrogens with one attached hydrogen (secondary N) is 1. The minimum Gasteiger partial charge on any atom is -0.348 e. The van der Waals surface area contributed by atoms with Crippen molar-refractivity contribution in [1.82, 2.24) is 10.3 Å². The first-order valence-electron chi connectivity index (χ1n) is 4.97. The van der Waals surface area contributed by atoms with E-state index < -0.39 is 0 Å². The molecule has 0 saturated heterocycles. The Hall–Kier alpha value is -0.900. The molecule has 3 nitrogen and oxygen atoms in total. The lowest BCUT2D eigenvalue weighted by molar-refractivity contribution is 0.0929. The highest BCUT2D eigenvalue weighted by Gasteiger charge is 2.12. The van der Waals surface area contributed by atoms with Gasteiger partial charge in [-0.2, -0.15) is 0 Å². The van der Waals surface area contributed by atoms with E-state index in [9.17, 15) is 4.79 Å². The molecule has 1 aromatic rings. The van der Waals surface area contributed by atoms with Gasteiger partial charge in [0.05, 0.1) is 5.51 Å². The molecule has 0 aliphatic heterocycles. The Bertz CT molecular complexity index is 272. The molecule has 1 atom stereocenters. The van der Waals surface area contributed by atoms with Crippen molar-refractivity contribution in [2.75, 3.05) is 0 Å². The molecule has 0 saturated carbocycles. The smallest absolute Gasteiger partial charge is 0.270 e. The molecular formula is C10H16N2OS. The van der Waals surface area contributed by atoms with Gasteiger partial charge in [0.2, 0.25) is 0 Å². The fraction of sp³-hybridized carbons (Fsp3) is 0.600. The van der Waals surface area contributed by atoms with Crippen molar-refractivity contribution in [3.63, 3.8) is 0 Å². The van der Waals surface area contributed by atoms with Crippen LogP contribution in [-0.2, 0) is 0 Å². The van der Waals surface area contributed by atoms with Crippen molar-refractivity contribution in [2.45, 2.75) is 39.2 Å². The van der Waals surface area contributed by atoms with E-state index in [-0.39, 0.29) is 11.9 Å². The summed E-state index contributed by atoms with van der Waals surface area (Å²) in [5.74, 6) is -0.0495. The number of amides is 1. The number of hydrogen-bond donors (Lipinski definition) is 1. The van der Waals surface area contributed by atoms with Crippen LogP contribution in [0, 0.1) is 0 Å². The topological polar surface area (TPSA) is 42.0 Å². The van der Waals surface area contributed by atoms with Crippen molar-refractivity contribution < 1.29 is 4.79 Å². The summed E-state index contributed by atoms with van der Waals surface area (Å²) in [5.41, 5.74) is 2.21. The van der Waals surface area contributed by atoms with Gasteiger partial charge >= 0.3 is 0 Å². The van der Waals surface area contributed by atoms with E-state index in [0.29, 0.717) is 5.69 Å². The maximum absolute atomic E-state index is 11.6. The summed E-state index contributed by atoms with van der Waals surface area (Å²) >= 11 is 1.44. The van der Waals surface area contributed by atoms with Crippen LogP contribution in [-0.4, -0.2) is 16.9 Å². The average molecular weight is 212 g/mol. The zero-order valence-corrected chi connectivity index (χ0v) is 9.43. The largest absolute Gasteiger partial charge is 0.348 e. The van der Waals surface area contributed by atoms with Crippen LogP contribution in [0.25, 0.3) is 0 Å². The molecule has 0 fully saturated rings. The van der Waals surface area contributed by atoms with E-state index in [1.54, 1.807) is 10.9 Å². The SMILES string of the molecule is CCCC(CC)NC(=O)c1cscn1. The summed E-state index contributed by atoms with van der Waals surface area (Å²) in [5, 5.41) is 4.75. The van der Waals surface area contributed by atoms with Gasteiger partial charge in [-0.25, -0.2) is 4.98 Å². The molecule has 1 rings (SSSR count). The monoisotopic (exact) mass is 212 g/mol. The lowest BCUT2D eigenvalue weighted by Crippen LogP contribution is -2.34. The van der Waals surface area contributed by atoms with Crippen LogP contribution < -0.4 is 5.32 Å². The van der Waals surface area contributed by atoms with Crippen LogP contribution in [0.5, 0.6) is 0 Å².